The Morgan fingerprint density at radius 1 is 0.930 bits per heavy atom. The Bertz CT molecular complexity index is 1540. The molecule has 43 heavy (non-hydrogen) atoms. The van der Waals surface area contributed by atoms with Crippen LogP contribution in [-0.2, 0) is 30.2 Å². The van der Waals surface area contributed by atoms with Gasteiger partial charge < -0.3 is 19.5 Å². The van der Waals surface area contributed by atoms with Gasteiger partial charge in [0, 0.05) is 36.6 Å². The highest BCUT2D eigenvalue weighted by Crippen LogP contribution is 2.23. The number of amides is 1. The van der Waals surface area contributed by atoms with Crippen molar-refractivity contribution in [1.29, 1.82) is 0 Å². The van der Waals surface area contributed by atoms with Crippen molar-refractivity contribution >= 4 is 29.3 Å². The number of hydrogen-bond acceptors (Lipinski definition) is 6. The molecule has 4 rings (SSSR count). The van der Waals surface area contributed by atoms with E-state index in [4.69, 9.17) is 11.6 Å². The van der Waals surface area contributed by atoms with Crippen LogP contribution in [0.25, 0.3) is 11.1 Å². The highest BCUT2D eigenvalue weighted by Gasteiger charge is 2.19. The van der Waals surface area contributed by atoms with Crippen molar-refractivity contribution in [3.63, 3.8) is 0 Å². The maximum Gasteiger partial charge on any atom is 0.279 e. The molecule has 3 aromatic carbocycles. The summed E-state index contributed by atoms with van der Waals surface area (Å²) in [6.45, 7) is 7.08. The Balaban J connectivity index is 1.55. The van der Waals surface area contributed by atoms with Gasteiger partial charge >= 0.3 is 0 Å². The van der Waals surface area contributed by atoms with E-state index in [9.17, 15) is 19.1 Å². The number of rotatable bonds is 14. The Labute approximate surface area is 260 Å². The molecule has 226 valence electrons. The molecule has 0 spiro atoms. The van der Waals surface area contributed by atoms with Gasteiger partial charge in [0.05, 0.1) is 12.2 Å². The van der Waals surface area contributed by atoms with Gasteiger partial charge in [0.15, 0.2) is 5.16 Å². The molecule has 0 aliphatic rings. The molecule has 0 aliphatic carbocycles. The lowest BCUT2D eigenvalue weighted by atomic mass is 10.0. The van der Waals surface area contributed by atoms with Crippen LogP contribution >= 0.6 is 23.4 Å². The average molecular weight is 623 g/mol. The number of aliphatic hydroxyl groups is 1. The second-order valence-electron chi connectivity index (χ2n) is 10.1. The van der Waals surface area contributed by atoms with Crippen LogP contribution in [0.4, 0.5) is 4.39 Å². The largest absolute Gasteiger partial charge is 0.391 e. The van der Waals surface area contributed by atoms with E-state index in [0.29, 0.717) is 29.0 Å². The van der Waals surface area contributed by atoms with Gasteiger partial charge in [-0.25, -0.2) is 4.39 Å². The van der Waals surface area contributed by atoms with Crippen LogP contribution in [0.2, 0.25) is 5.02 Å². The summed E-state index contributed by atoms with van der Waals surface area (Å²) in [5.74, 6) is -0.0246. The molecule has 0 saturated carbocycles. The molecule has 0 atom stereocenters. The summed E-state index contributed by atoms with van der Waals surface area (Å²) in [4.78, 5) is 34.6. The first-order chi connectivity index (χ1) is 20.8. The van der Waals surface area contributed by atoms with E-state index in [0.717, 1.165) is 41.9 Å². The Morgan fingerprint density at radius 2 is 1.53 bits per heavy atom. The fourth-order valence-corrected chi connectivity index (χ4v) is 5.64. The molecule has 0 aliphatic heterocycles. The molecule has 7 nitrogen and oxygen atoms in total. The van der Waals surface area contributed by atoms with Crippen LogP contribution in [0.5, 0.6) is 0 Å². The molecule has 10 heteroatoms. The van der Waals surface area contributed by atoms with Gasteiger partial charge in [-0.15, -0.1) is 0 Å². The highest BCUT2D eigenvalue weighted by molar-refractivity contribution is 7.98. The molecule has 0 saturated heterocycles. The zero-order chi connectivity index (χ0) is 30.8. The monoisotopic (exact) mass is 622 g/mol. The summed E-state index contributed by atoms with van der Waals surface area (Å²) >= 11 is 7.32. The third-order valence-corrected chi connectivity index (χ3v) is 8.54. The lowest BCUT2D eigenvalue weighted by Gasteiger charge is -2.27. The van der Waals surface area contributed by atoms with Gasteiger partial charge in [-0.2, -0.15) is 4.98 Å². The second-order valence-corrected chi connectivity index (χ2v) is 11.5. The standard InChI is InChI=1S/C33H36ClFN4O3S/c1-3-37(4-2)17-18-38(19-24-5-9-26(10-6-24)27-11-13-29(34)14-12-27)31(41)21-39-20-28(22-40)32(42)36-33(39)43-23-25-7-15-30(35)16-8-25/h5-16,20,40H,3-4,17-19,21-23H2,1-2H3. The number of halogens is 2. The molecular weight excluding hydrogens is 587 g/mol. The van der Waals surface area contributed by atoms with E-state index in [1.165, 1.54) is 30.1 Å². The van der Waals surface area contributed by atoms with Gasteiger partial charge in [-0.1, -0.05) is 85.7 Å². The summed E-state index contributed by atoms with van der Waals surface area (Å²) in [6.07, 6.45) is 1.50. The number of hydrogen-bond donors (Lipinski definition) is 1. The summed E-state index contributed by atoms with van der Waals surface area (Å²) in [5.41, 5.74) is 3.54. The molecular formula is C33H36ClFN4O3S. The smallest absolute Gasteiger partial charge is 0.279 e. The summed E-state index contributed by atoms with van der Waals surface area (Å²) < 4.78 is 15.0. The SMILES string of the molecule is CCN(CC)CCN(Cc1ccc(-c2ccc(Cl)cc2)cc1)C(=O)Cn1cc(CO)c(=O)nc1SCc1ccc(F)cc1. The van der Waals surface area contributed by atoms with Crippen LogP contribution in [-0.4, -0.2) is 56.5 Å². The molecule has 0 fully saturated rings. The van der Waals surface area contributed by atoms with Crippen LogP contribution < -0.4 is 5.56 Å². The topological polar surface area (TPSA) is 78.7 Å². The van der Waals surface area contributed by atoms with Crippen molar-refractivity contribution in [2.75, 3.05) is 26.2 Å². The number of benzene rings is 3. The Morgan fingerprint density at radius 3 is 2.14 bits per heavy atom. The fraction of sp³-hybridized carbons (Fsp3) is 0.303. The quantitative estimate of drug-likeness (QED) is 0.140. The van der Waals surface area contributed by atoms with Gasteiger partial charge in [-0.3, -0.25) is 9.59 Å². The van der Waals surface area contributed by atoms with E-state index in [-0.39, 0.29) is 23.8 Å². The first kappa shape index (κ1) is 32.4. The minimum absolute atomic E-state index is 0.0485. The van der Waals surface area contributed by atoms with Crippen molar-refractivity contribution < 1.29 is 14.3 Å². The maximum absolute atomic E-state index is 13.8. The van der Waals surface area contributed by atoms with Gasteiger partial charge in [-0.05, 0) is 59.6 Å². The van der Waals surface area contributed by atoms with Gasteiger partial charge in [0.1, 0.15) is 12.4 Å². The first-order valence-electron chi connectivity index (χ1n) is 14.2. The van der Waals surface area contributed by atoms with E-state index >= 15 is 0 Å². The number of nitrogens with zero attached hydrogens (tertiary/aromatic N) is 4. The number of carbonyl (C=O) groups excluding carboxylic acids is 1. The third kappa shape index (κ3) is 9.24. The average Bonchev–Trinajstić information content (AvgIpc) is 3.02. The second kappa shape index (κ2) is 15.8. The van der Waals surface area contributed by atoms with Crippen LogP contribution in [0.1, 0.15) is 30.5 Å². The van der Waals surface area contributed by atoms with E-state index in [2.05, 4.69) is 23.7 Å². The fourth-order valence-electron chi connectivity index (χ4n) is 4.59. The summed E-state index contributed by atoms with van der Waals surface area (Å²) in [7, 11) is 0. The van der Waals surface area contributed by atoms with Crippen molar-refractivity contribution in [2.24, 2.45) is 0 Å². The predicted octanol–water partition coefficient (Wildman–Crippen LogP) is 5.86. The Kier molecular flexibility index (Phi) is 11.9. The minimum atomic E-state index is -0.535. The van der Waals surface area contributed by atoms with E-state index < -0.39 is 12.2 Å². The van der Waals surface area contributed by atoms with Crippen molar-refractivity contribution in [3.8, 4) is 11.1 Å². The molecule has 0 bridgehead atoms. The molecule has 1 amide bonds. The number of aliphatic hydroxyl groups excluding tert-OH is 1. The van der Waals surface area contributed by atoms with Crippen LogP contribution in [0, 0.1) is 5.82 Å². The molecule has 0 radical (unpaired) electrons. The van der Waals surface area contributed by atoms with Gasteiger partial charge in [0.25, 0.3) is 5.56 Å². The maximum atomic E-state index is 13.8. The zero-order valence-corrected chi connectivity index (χ0v) is 26.0. The molecule has 4 aromatic rings. The summed E-state index contributed by atoms with van der Waals surface area (Å²) in [6, 6.07) is 21.9. The predicted molar refractivity (Wildman–Crippen MR) is 170 cm³/mol. The minimum Gasteiger partial charge on any atom is -0.391 e. The molecule has 0 unspecified atom stereocenters. The lowest BCUT2D eigenvalue weighted by Crippen LogP contribution is -2.40. The van der Waals surface area contributed by atoms with E-state index in [1.807, 2.05) is 53.4 Å². The molecule has 1 N–H and O–H groups in total. The number of likely N-dealkylation sites (N-methyl/N-ethyl adjacent to an activating group) is 1. The van der Waals surface area contributed by atoms with Crippen LogP contribution in [0.3, 0.4) is 0 Å². The number of aromatic nitrogens is 2. The highest BCUT2D eigenvalue weighted by atomic mass is 35.5. The first-order valence-corrected chi connectivity index (χ1v) is 15.6. The molecule has 1 aromatic heterocycles. The lowest BCUT2D eigenvalue weighted by molar-refractivity contribution is -0.132. The van der Waals surface area contributed by atoms with Gasteiger partial charge in [0.2, 0.25) is 5.91 Å². The summed E-state index contributed by atoms with van der Waals surface area (Å²) in [5, 5.41) is 10.8. The van der Waals surface area contributed by atoms with Crippen molar-refractivity contribution in [1.82, 2.24) is 19.4 Å². The van der Waals surface area contributed by atoms with Crippen LogP contribution in [0.15, 0.2) is 88.9 Å². The number of thioether (sulfide) groups is 1. The molecule has 1 heterocycles. The third-order valence-electron chi connectivity index (χ3n) is 7.22. The Hall–Kier alpha value is -3.50. The van der Waals surface area contributed by atoms with Crippen molar-refractivity contribution in [3.05, 3.63) is 117 Å². The zero-order valence-electron chi connectivity index (χ0n) is 24.4. The van der Waals surface area contributed by atoms with E-state index in [1.54, 1.807) is 16.7 Å². The number of carbonyl (C=O) groups is 1. The normalized spacial score (nSPS) is 11.2. The van der Waals surface area contributed by atoms with Crippen molar-refractivity contribution in [2.45, 2.75) is 44.5 Å².